The van der Waals surface area contributed by atoms with Crippen molar-refractivity contribution in [1.29, 1.82) is 0 Å². The van der Waals surface area contributed by atoms with Gasteiger partial charge < -0.3 is 19.3 Å². The van der Waals surface area contributed by atoms with E-state index >= 15 is 0 Å². The van der Waals surface area contributed by atoms with Crippen LogP contribution in [0.1, 0.15) is 30.5 Å². The first-order valence-corrected chi connectivity index (χ1v) is 9.23. The molecule has 0 bridgehead atoms. The first-order chi connectivity index (χ1) is 13.3. The van der Waals surface area contributed by atoms with Gasteiger partial charge in [0, 0.05) is 22.6 Å². The largest absolute Gasteiger partial charge is 0.496 e. The monoisotopic (exact) mass is 410 g/mol. The third kappa shape index (κ3) is 6.48. The number of aliphatic carboxylic acids is 1. The fourth-order valence-electron chi connectivity index (χ4n) is 2.72. The Bertz CT molecular complexity index is 809. The molecule has 0 radical (unpaired) electrons. The molecule has 1 atom stereocenters. The molecule has 1 N–H and O–H groups in total. The lowest BCUT2D eigenvalue weighted by Crippen LogP contribution is -2.29. The molecule has 0 amide bonds. The predicted octanol–water partition coefficient (Wildman–Crippen LogP) is 4.63. The molecule has 2 aromatic carbocycles. The molecule has 0 saturated heterocycles. The molecule has 0 fully saturated rings. The fourth-order valence-corrected chi connectivity index (χ4v) is 2.88. The summed E-state index contributed by atoms with van der Waals surface area (Å²) < 4.78 is 30.3. The van der Waals surface area contributed by atoms with E-state index in [1.165, 1.54) is 6.07 Å². The van der Waals surface area contributed by atoms with Crippen LogP contribution in [0, 0.1) is 5.82 Å². The second kappa shape index (κ2) is 10.4. The van der Waals surface area contributed by atoms with E-state index in [9.17, 15) is 14.3 Å². The maximum absolute atomic E-state index is 13.9. The first-order valence-electron chi connectivity index (χ1n) is 8.86. The summed E-state index contributed by atoms with van der Waals surface area (Å²) in [4.78, 5) is 11.4. The van der Waals surface area contributed by atoms with E-state index in [4.69, 9.17) is 25.8 Å². The van der Waals surface area contributed by atoms with Gasteiger partial charge >= 0.3 is 5.97 Å². The van der Waals surface area contributed by atoms with Gasteiger partial charge in [-0.15, -0.1) is 0 Å². The van der Waals surface area contributed by atoms with E-state index < -0.39 is 17.9 Å². The van der Waals surface area contributed by atoms with Crippen LogP contribution in [0.25, 0.3) is 0 Å². The Morgan fingerprint density at radius 3 is 2.46 bits per heavy atom. The highest BCUT2D eigenvalue weighted by Crippen LogP contribution is 2.23. The molecule has 0 spiro atoms. The van der Waals surface area contributed by atoms with Gasteiger partial charge in [0.2, 0.25) is 0 Å². The van der Waals surface area contributed by atoms with E-state index in [2.05, 4.69) is 0 Å². The lowest BCUT2D eigenvalue weighted by molar-refractivity contribution is -0.153. The number of carboxylic acid groups (broad SMARTS) is 1. The minimum Gasteiger partial charge on any atom is -0.496 e. The summed E-state index contributed by atoms with van der Waals surface area (Å²) in [6.07, 6.45) is -0.919. The number of hydrogen-bond donors (Lipinski definition) is 1. The van der Waals surface area contributed by atoms with Crippen LogP contribution in [-0.4, -0.2) is 30.4 Å². The van der Waals surface area contributed by atoms with Gasteiger partial charge in [-0.1, -0.05) is 23.7 Å². The molecule has 0 saturated carbocycles. The molecular weight excluding hydrogens is 387 g/mol. The van der Waals surface area contributed by atoms with Crippen LogP contribution < -0.4 is 4.74 Å². The van der Waals surface area contributed by atoms with Gasteiger partial charge in [-0.25, -0.2) is 9.18 Å². The smallest absolute Gasteiger partial charge is 0.333 e. The van der Waals surface area contributed by atoms with Crippen molar-refractivity contribution < 1.29 is 28.5 Å². The average molecular weight is 411 g/mol. The van der Waals surface area contributed by atoms with Crippen molar-refractivity contribution >= 4 is 17.6 Å². The first kappa shape index (κ1) is 22.1. The highest BCUT2D eigenvalue weighted by atomic mass is 35.5. The Labute approximate surface area is 169 Å². The molecule has 0 heterocycles. The summed E-state index contributed by atoms with van der Waals surface area (Å²) in [7, 11) is 1.54. The number of halogens is 2. The van der Waals surface area contributed by atoms with Crippen LogP contribution in [-0.2, 0) is 33.9 Å². The summed E-state index contributed by atoms with van der Waals surface area (Å²) in [5, 5.41) is 9.67. The molecule has 152 valence electrons. The lowest BCUT2D eigenvalue weighted by atomic mass is 10.0. The maximum Gasteiger partial charge on any atom is 0.333 e. The van der Waals surface area contributed by atoms with Crippen LogP contribution in [0.15, 0.2) is 36.4 Å². The van der Waals surface area contributed by atoms with E-state index in [-0.39, 0.29) is 25.7 Å². The van der Waals surface area contributed by atoms with E-state index in [0.717, 1.165) is 11.1 Å². The molecule has 1 unspecified atom stereocenters. The topological polar surface area (TPSA) is 65.0 Å². The normalized spacial score (nSPS) is 12.2. The van der Waals surface area contributed by atoms with Crippen LogP contribution in [0.3, 0.4) is 0 Å². The Morgan fingerprint density at radius 1 is 1.14 bits per heavy atom. The summed E-state index contributed by atoms with van der Waals surface area (Å²) in [5.74, 6) is -0.833. The minimum atomic E-state index is -1.01. The van der Waals surface area contributed by atoms with Gasteiger partial charge in [0.15, 0.2) is 6.10 Å². The third-order valence-electron chi connectivity index (χ3n) is 4.01. The zero-order chi connectivity index (χ0) is 20.7. The lowest BCUT2D eigenvalue weighted by Gasteiger charge is -2.17. The quantitative estimate of drug-likeness (QED) is 0.618. The molecular formula is C21H24ClFO5. The van der Waals surface area contributed by atoms with E-state index in [1.54, 1.807) is 45.2 Å². The van der Waals surface area contributed by atoms with Gasteiger partial charge in [-0.2, -0.15) is 0 Å². The van der Waals surface area contributed by atoms with E-state index in [1.807, 2.05) is 6.07 Å². The summed E-state index contributed by atoms with van der Waals surface area (Å²) in [6, 6.07) is 9.78. The van der Waals surface area contributed by atoms with Crippen LogP contribution >= 0.6 is 11.6 Å². The molecule has 28 heavy (non-hydrogen) atoms. The Kier molecular flexibility index (Phi) is 8.23. The summed E-state index contributed by atoms with van der Waals surface area (Å²) in [6.45, 7) is 3.84. The van der Waals surface area contributed by atoms with Crippen molar-refractivity contribution in [3.63, 3.8) is 0 Å². The molecule has 0 aliphatic carbocycles. The standard InChI is InChI=1S/C21H24ClFO5/c1-13(2)28-20(21(24)25)9-14-4-7-19(26-3)16(8-14)12-27-11-15-5-6-17(22)10-18(15)23/h4-8,10,13,20H,9,11-12H2,1-3H3,(H,24,25). The van der Waals surface area contributed by atoms with Crippen molar-refractivity contribution in [3.8, 4) is 5.75 Å². The number of ether oxygens (including phenoxy) is 3. The zero-order valence-corrected chi connectivity index (χ0v) is 16.8. The second-order valence-electron chi connectivity index (χ2n) is 6.59. The van der Waals surface area contributed by atoms with Gasteiger partial charge in [0.1, 0.15) is 11.6 Å². The molecule has 0 aliphatic rings. The highest BCUT2D eigenvalue weighted by Gasteiger charge is 2.20. The fraction of sp³-hybridized carbons (Fsp3) is 0.381. The van der Waals surface area contributed by atoms with Crippen molar-refractivity contribution in [2.24, 2.45) is 0 Å². The van der Waals surface area contributed by atoms with Gasteiger partial charge in [-0.05, 0) is 43.7 Å². The van der Waals surface area contributed by atoms with Crippen molar-refractivity contribution in [2.75, 3.05) is 7.11 Å². The molecule has 2 aromatic rings. The van der Waals surface area contributed by atoms with Crippen molar-refractivity contribution in [3.05, 3.63) is 63.9 Å². The van der Waals surface area contributed by atoms with Crippen LogP contribution in [0.2, 0.25) is 5.02 Å². The molecule has 0 aromatic heterocycles. The Balaban J connectivity index is 2.08. The SMILES string of the molecule is COc1ccc(CC(OC(C)C)C(=O)O)cc1COCc1ccc(Cl)cc1F. The number of hydrogen-bond acceptors (Lipinski definition) is 4. The average Bonchev–Trinajstić information content (AvgIpc) is 2.63. The number of methoxy groups -OCH3 is 1. The number of carbonyl (C=O) groups is 1. The van der Waals surface area contributed by atoms with Crippen molar-refractivity contribution in [1.82, 2.24) is 0 Å². The number of benzene rings is 2. The Hall–Kier alpha value is -2.15. The number of carboxylic acids is 1. The third-order valence-corrected chi connectivity index (χ3v) is 4.24. The van der Waals surface area contributed by atoms with Crippen LogP contribution in [0.4, 0.5) is 4.39 Å². The van der Waals surface area contributed by atoms with Crippen LogP contribution in [0.5, 0.6) is 5.75 Å². The van der Waals surface area contributed by atoms with Gasteiger partial charge in [-0.3, -0.25) is 0 Å². The maximum atomic E-state index is 13.9. The summed E-state index contributed by atoms with van der Waals surface area (Å²) >= 11 is 5.75. The van der Waals surface area contributed by atoms with E-state index in [0.29, 0.717) is 16.3 Å². The molecule has 2 rings (SSSR count). The second-order valence-corrected chi connectivity index (χ2v) is 7.03. The number of rotatable bonds is 10. The molecule has 0 aliphatic heterocycles. The predicted molar refractivity (Wildman–Crippen MR) is 104 cm³/mol. The minimum absolute atomic E-state index is 0.0740. The highest BCUT2D eigenvalue weighted by molar-refractivity contribution is 6.30. The molecule has 7 heteroatoms. The van der Waals surface area contributed by atoms with Crippen molar-refractivity contribution in [2.45, 2.75) is 45.7 Å². The summed E-state index contributed by atoms with van der Waals surface area (Å²) in [5.41, 5.74) is 1.92. The van der Waals surface area contributed by atoms with Gasteiger partial charge in [0.25, 0.3) is 0 Å². The molecule has 5 nitrogen and oxygen atoms in total. The van der Waals surface area contributed by atoms with Gasteiger partial charge in [0.05, 0.1) is 26.4 Å². The Morgan fingerprint density at radius 2 is 1.86 bits per heavy atom. The zero-order valence-electron chi connectivity index (χ0n) is 16.1.